The van der Waals surface area contributed by atoms with Crippen molar-refractivity contribution in [3.05, 3.63) is 11.4 Å². The highest BCUT2D eigenvalue weighted by molar-refractivity contribution is 5.99. The van der Waals surface area contributed by atoms with Crippen LogP contribution in [0, 0.1) is 0 Å². The summed E-state index contributed by atoms with van der Waals surface area (Å²) in [6.45, 7) is 6.45. The van der Waals surface area contributed by atoms with Gasteiger partial charge < -0.3 is 31.3 Å². The van der Waals surface area contributed by atoms with Crippen molar-refractivity contribution in [2.24, 2.45) is 0 Å². The first-order valence-electron chi connectivity index (χ1n) is 8.43. The quantitative estimate of drug-likeness (QED) is 0.258. The van der Waals surface area contributed by atoms with Crippen molar-refractivity contribution in [1.82, 2.24) is 26.6 Å². The number of alkyl carbamates (subject to hydrolysis) is 1. The van der Waals surface area contributed by atoms with Gasteiger partial charge in [0.1, 0.15) is 5.82 Å². The minimum atomic E-state index is -0.537. The summed E-state index contributed by atoms with van der Waals surface area (Å²) in [5, 5.41) is 13.7. The summed E-state index contributed by atoms with van der Waals surface area (Å²) in [5.41, 5.74) is 0.295. The van der Waals surface area contributed by atoms with E-state index in [0.29, 0.717) is 17.9 Å². The monoisotopic (exact) mass is 357 g/mol. The first-order valence-corrected chi connectivity index (χ1v) is 8.43. The molecule has 144 valence electrons. The van der Waals surface area contributed by atoms with Crippen molar-refractivity contribution < 1.29 is 19.1 Å². The van der Waals surface area contributed by atoms with E-state index in [-0.39, 0.29) is 37.4 Å². The molecule has 0 aromatic carbocycles. The van der Waals surface area contributed by atoms with E-state index in [1.54, 1.807) is 27.9 Å². The lowest BCUT2D eigenvalue weighted by Gasteiger charge is -2.15. The van der Waals surface area contributed by atoms with Crippen LogP contribution in [-0.4, -0.2) is 57.7 Å². The van der Waals surface area contributed by atoms with E-state index >= 15 is 0 Å². The second-order valence-electron chi connectivity index (χ2n) is 5.52. The van der Waals surface area contributed by atoms with E-state index in [1.165, 1.54) is 0 Å². The molecular formula is C16H31N5O4. The van der Waals surface area contributed by atoms with Gasteiger partial charge in [0, 0.05) is 33.7 Å². The van der Waals surface area contributed by atoms with Crippen LogP contribution in [0.4, 0.5) is 4.79 Å². The Morgan fingerprint density at radius 2 is 1.52 bits per heavy atom. The first-order chi connectivity index (χ1) is 11.8. The van der Waals surface area contributed by atoms with Crippen molar-refractivity contribution in [3.8, 4) is 0 Å². The van der Waals surface area contributed by atoms with E-state index < -0.39 is 6.09 Å². The van der Waals surface area contributed by atoms with Gasteiger partial charge in [-0.2, -0.15) is 0 Å². The Hall–Kier alpha value is -2.45. The molecule has 0 fully saturated rings. The smallest absolute Gasteiger partial charge is 0.407 e. The average molecular weight is 357 g/mol. The summed E-state index contributed by atoms with van der Waals surface area (Å²) in [4.78, 5) is 35.6. The zero-order valence-electron chi connectivity index (χ0n) is 15.7. The summed E-state index contributed by atoms with van der Waals surface area (Å²) in [7, 11) is 3.32. The van der Waals surface area contributed by atoms with Crippen molar-refractivity contribution in [1.29, 1.82) is 0 Å². The molecule has 0 aliphatic heterocycles. The van der Waals surface area contributed by atoms with Crippen LogP contribution < -0.4 is 26.6 Å². The van der Waals surface area contributed by atoms with Gasteiger partial charge in [-0.05, 0) is 20.3 Å². The minimum Gasteiger partial charge on any atom is -0.447 e. The minimum absolute atomic E-state index is 0.0499. The second-order valence-corrected chi connectivity index (χ2v) is 5.52. The molecule has 0 aliphatic carbocycles. The predicted octanol–water partition coefficient (Wildman–Crippen LogP) is -0.196. The summed E-state index contributed by atoms with van der Waals surface area (Å²) in [6.07, 6.45) is 0.0239. The summed E-state index contributed by atoms with van der Waals surface area (Å²) in [6, 6.07) is 0. The normalized spacial score (nSPS) is 9.84. The second kappa shape index (κ2) is 12.9. The summed E-state index contributed by atoms with van der Waals surface area (Å²) in [5.74, 6) is -0.144. The van der Waals surface area contributed by atoms with Gasteiger partial charge in [0.05, 0.1) is 18.1 Å². The molecule has 0 saturated carbocycles. The summed E-state index contributed by atoms with van der Waals surface area (Å²) < 4.78 is 4.92. The van der Waals surface area contributed by atoms with E-state index in [2.05, 4.69) is 26.6 Å². The van der Waals surface area contributed by atoms with E-state index in [9.17, 15) is 14.4 Å². The molecule has 0 bridgehead atoms. The lowest BCUT2D eigenvalue weighted by molar-refractivity contribution is -0.123. The molecule has 3 amide bonds. The predicted molar refractivity (Wildman–Crippen MR) is 95.7 cm³/mol. The number of amides is 3. The molecule has 0 aliphatic rings. The van der Waals surface area contributed by atoms with Gasteiger partial charge in [-0.1, -0.05) is 6.92 Å². The van der Waals surface area contributed by atoms with Crippen LogP contribution in [0.1, 0.15) is 33.6 Å². The maximum atomic E-state index is 12.4. The Morgan fingerprint density at radius 3 is 2.04 bits per heavy atom. The van der Waals surface area contributed by atoms with Crippen LogP contribution in [0.15, 0.2) is 11.4 Å². The molecule has 0 saturated heterocycles. The highest BCUT2D eigenvalue weighted by atomic mass is 16.6. The third-order valence-electron chi connectivity index (χ3n) is 3.01. The Balaban J connectivity index is 4.61. The van der Waals surface area contributed by atoms with Gasteiger partial charge in [0.2, 0.25) is 5.91 Å². The maximum Gasteiger partial charge on any atom is 0.407 e. The van der Waals surface area contributed by atoms with E-state index in [4.69, 9.17) is 4.74 Å². The van der Waals surface area contributed by atoms with Gasteiger partial charge in [-0.15, -0.1) is 0 Å². The van der Waals surface area contributed by atoms with Gasteiger partial charge in [0.25, 0.3) is 5.91 Å². The zero-order chi connectivity index (χ0) is 19.2. The van der Waals surface area contributed by atoms with Gasteiger partial charge in [-0.3, -0.25) is 9.59 Å². The zero-order valence-corrected chi connectivity index (χ0v) is 15.7. The third-order valence-corrected chi connectivity index (χ3v) is 3.01. The average Bonchev–Trinajstić information content (AvgIpc) is 2.56. The van der Waals surface area contributed by atoms with Crippen LogP contribution in [0.3, 0.4) is 0 Å². The van der Waals surface area contributed by atoms with E-state index in [0.717, 1.165) is 6.42 Å². The Labute approximate surface area is 149 Å². The fraction of sp³-hybridized carbons (Fsp3) is 0.688. The molecule has 0 spiro atoms. The molecule has 0 unspecified atom stereocenters. The Morgan fingerprint density at radius 1 is 0.920 bits per heavy atom. The van der Waals surface area contributed by atoms with Crippen LogP contribution in [0.2, 0.25) is 0 Å². The number of hydrogen-bond acceptors (Lipinski definition) is 6. The topological polar surface area (TPSA) is 121 Å². The molecule has 9 nitrogen and oxygen atoms in total. The molecule has 0 heterocycles. The molecule has 0 atom stereocenters. The molecule has 0 rings (SSSR count). The SMILES string of the molecule is CCCNC(=O)CC(C(=O)NCCNC(=O)OC(C)C)=C(NC)NC. The number of ether oxygens (including phenoxy) is 1. The molecule has 0 radical (unpaired) electrons. The van der Waals surface area contributed by atoms with E-state index in [1.807, 2.05) is 6.92 Å². The molecule has 9 heteroatoms. The highest BCUT2D eigenvalue weighted by Gasteiger charge is 2.18. The maximum absolute atomic E-state index is 12.4. The van der Waals surface area contributed by atoms with Crippen molar-refractivity contribution in [2.45, 2.75) is 39.7 Å². The number of hydrogen-bond donors (Lipinski definition) is 5. The molecule has 5 N–H and O–H groups in total. The van der Waals surface area contributed by atoms with Gasteiger partial charge >= 0.3 is 6.09 Å². The molecule has 0 aromatic rings. The fourth-order valence-corrected chi connectivity index (χ4v) is 1.90. The van der Waals surface area contributed by atoms with Crippen LogP contribution >= 0.6 is 0 Å². The van der Waals surface area contributed by atoms with Crippen LogP contribution in [0.25, 0.3) is 0 Å². The van der Waals surface area contributed by atoms with Crippen LogP contribution in [-0.2, 0) is 14.3 Å². The number of nitrogens with one attached hydrogen (secondary N) is 5. The standard InChI is InChI=1S/C16H31N5O4/c1-6-7-19-13(22)10-12(14(17-4)18-5)15(23)20-8-9-21-16(24)25-11(2)3/h11,17-18H,6-10H2,1-5H3,(H,19,22)(H,20,23)(H,21,24). The third kappa shape index (κ3) is 10.1. The van der Waals surface area contributed by atoms with Crippen molar-refractivity contribution in [2.75, 3.05) is 33.7 Å². The largest absolute Gasteiger partial charge is 0.447 e. The van der Waals surface area contributed by atoms with Crippen molar-refractivity contribution >= 4 is 17.9 Å². The molecule has 25 heavy (non-hydrogen) atoms. The first kappa shape index (κ1) is 22.6. The number of rotatable bonds is 11. The highest BCUT2D eigenvalue weighted by Crippen LogP contribution is 2.05. The Kier molecular flexibility index (Phi) is 11.6. The van der Waals surface area contributed by atoms with Gasteiger partial charge in [0.15, 0.2) is 0 Å². The lowest BCUT2D eigenvalue weighted by Crippen LogP contribution is -2.39. The lowest BCUT2D eigenvalue weighted by atomic mass is 10.1. The molecule has 0 aromatic heterocycles. The number of carbonyl (C=O) groups is 3. The summed E-state index contributed by atoms with van der Waals surface area (Å²) >= 11 is 0. The molecular weight excluding hydrogens is 326 g/mol. The fourth-order valence-electron chi connectivity index (χ4n) is 1.90. The number of carbonyl (C=O) groups excluding carboxylic acids is 3. The Bertz CT molecular complexity index is 471. The van der Waals surface area contributed by atoms with Crippen LogP contribution in [0.5, 0.6) is 0 Å². The van der Waals surface area contributed by atoms with Crippen molar-refractivity contribution in [3.63, 3.8) is 0 Å². The van der Waals surface area contributed by atoms with Gasteiger partial charge in [-0.25, -0.2) is 4.79 Å².